The molecule has 0 spiro atoms. The largest absolute Gasteiger partial charge is 0.316 e. The smallest absolute Gasteiger partial charge is 0.126 e. The highest BCUT2D eigenvalue weighted by Gasteiger charge is 2.12. The zero-order valence-corrected chi connectivity index (χ0v) is 13.4. The Bertz CT molecular complexity index is 583. The third-order valence-electron chi connectivity index (χ3n) is 3.45. The first-order valence-corrected chi connectivity index (χ1v) is 7.54. The topological polar surface area (TPSA) is 12.0 Å². The van der Waals surface area contributed by atoms with Crippen molar-refractivity contribution in [1.82, 2.24) is 5.32 Å². The highest BCUT2D eigenvalue weighted by atomic mass is 79.9. The minimum absolute atomic E-state index is 0.141. The Morgan fingerprint density at radius 2 is 1.95 bits per heavy atom. The van der Waals surface area contributed by atoms with E-state index in [-0.39, 0.29) is 11.9 Å². The summed E-state index contributed by atoms with van der Waals surface area (Å²) in [4.78, 5) is 0. The van der Waals surface area contributed by atoms with Gasteiger partial charge in [-0.25, -0.2) is 4.39 Å². The van der Waals surface area contributed by atoms with Gasteiger partial charge in [-0.05, 0) is 56.1 Å². The number of aryl methyl sites for hydroxylation is 1. The zero-order chi connectivity index (χ0) is 14.5. The van der Waals surface area contributed by atoms with Crippen LogP contribution >= 0.6 is 15.9 Å². The summed E-state index contributed by atoms with van der Waals surface area (Å²) in [5.74, 6) is -0.141. The lowest BCUT2D eigenvalue weighted by molar-refractivity contribution is 0.532. The number of likely N-dealkylation sites (N-methyl/N-ethyl adjacent to an activating group) is 1. The van der Waals surface area contributed by atoms with E-state index in [1.165, 1.54) is 17.2 Å². The quantitative estimate of drug-likeness (QED) is 0.860. The lowest BCUT2D eigenvalue weighted by Crippen LogP contribution is -2.30. The summed E-state index contributed by atoms with van der Waals surface area (Å²) in [7, 11) is 1.93. The number of halogens is 2. The molecule has 0 aliphatic rings. The first-order valence-electron chi connectivity index (χ1n) is 6.75. The van der Waals surface area contributed by atoms with Gasteiger partial charge in [0, 0.05) is 10.5 Å². The number of hydrogen-bond donors (Lipinski definition) is 1. The van der Waals surface area contributed by atoms with Gasteiger partial charge in [-0.15, -0.1) is 0 Å². The average Bonchev–Trinajstić information content (AvgIpc) is 2.42. The van der Waals surface area contributed by atoms with Gasteiger partial charge in [0.05, 0.1) is 0 Å². The molecule has 0 amide bonds. The summed E-state index contributed by atoms with van der Waals surface area (Å²) in [6.45, 7) is 2.09. The Kier molecular flexibility index (Phi) is 5.32. The van der Waals surface area contributed by atoms with Gasteiger partial charge < -0.3 is 5.32 Å². The van der Waals surface area contributed by atoms with E-state index in [9.17, 15) is 4.39 Å². The Hall–Kier alpha value is -1.19. The summed E-state index contributed by atoms with van der Waals surface area (Å²) in [6, 6.07) is 13.8. The molecule has 20 heavy (non-hydrogen) atoms. The van der Waals surface area contributed by atoms with Gasteiger partial charge in [-0.2, -0.15) is 0 Å². The second-order valence-corrected chi connectivity index (χ2v) is 6.03. The van der Waals surface area contributed by atoms with Crippen LogP contribution in [0, 0.1) is 12.7 Å². The van der Waals surface area contributed by atoms with Gasteiger partial charge in [0.1, 0.15) is 5.82 Å². The van der Waals surface area contributed by atoms with E-state index in [0.29, 0.717) is 6.42 Å². The van der Waals surface area contributed by atoms with Crippen molar-refractivity contribution in [2.24, 2.45) is 0 Å². The zero-order valence-electron chi connectivity index (χ0n) is 11.8. The van der Waals surface area contributed by atoms with Crippen LogP contribution in [0.3, 0.4) is 0 Å². The van der Waals surface area contributed by atoms with Gasteiger partial charge in [-0.3, -0.25) is 0 Å². The maximum Gasteiger partial charge on any atom is 0.126 e. The average molecular weight is 336 g/mol. The van der Waals surface area contributed by atoms with Crippen LogP contribution < -0.4 is 5.32 Å². The molecule has 1 N–H and O–H groups in total. The number of rotatable bonds is 5. The van der Waals surface area contributed by atoms with Crippen molar-refractivity contribution in [2.75, 3.05) is 7.05 Å². The van der Waals surface area contributed by atoms with Crippen molar-refractivity contribution in [3.8, 4) is 0 Å². The lowest BCUT2D eigenvalue weighted by Gasteiger charge is -2.17. The number of hydrogen-bond acceptors (Lipinski definition) is 1. The molecule has 2 aromatic carbocycles. The molecule has 2 aromatic rings. The molecule has 3 heteroatoms. The molecule has 106 valence electrons. The monoisotopic (exact) mass is 335 g/mol. The predicted octanol–water partition coefficient (Wildman–Crippen LogP) is 4.27. The minimum Gasteiger partial charge on any atom is -0.316 e. The summed E-state index contributed by atoms with van der Waals surface area (Å²) in [5, 5.41) is 3.28. The van der Waals surface area contributed by atoms with Crippen LogP contribution in [0.15, 0.2) is 46.9 Å². The first kappa shape index (κ1) is 15.2. The van der Waals surface area contributed by atoms with E-state index in [0.717, 1.165) is 16.5 Å². The van der Waals surface area contributed by atoms with Crippen LogP contribution in [0.25, 0.3) is 0 Å². The fourth-order valence-corrected chi connectivity index (χ4v) is 2.77. The SMILES string of the molecule is CNC(Cc1cccc(C)c1)Cc1cc(Br)ccc1F. The molecule has 1 atom stereocenters. The van der Waals surface area contributed by atoms with Gasteiger partial charge >= 0.3 is 0 Å². The molecular formula is C17H19BrFN. The van der Waals surface area contributed by atoms with E-state index >= 15 is 0 Å². The van der Waals surface area contributed by atoms with Gasteiger partial charge in [-0.1, -0.05) is 45.8 Å². The van der Waals surface area contributed by atoms with Crippen molar-refractivity contribution in [2.45, 2.75) is 25.8 Å². The van der Waals surface area contributed by atoms with Crippen molar-refractivity contribution in [3.63, 3.8) is 0 Å². The van der Waals surface area contributed by atoms with Crippen molar-refractivity contribution in [3.05, 3.63) is 69.4 Å². The molecule has 0 heterocycles. The van der Waals surface area contributed by atoms with Crippen LogP contribution in [0.1, 0.15) is 16.7 Å². The molecule has 0 saturated heterocycles. The molecule has 0 radical (unpaired) electrons. The van der Waals surface area contributed by atoms with E-state index < -0.39 is 0 Å². The minimum atomic E-state index is -0.141. The Balaban J connectivity index is 2.11. The van der Waals surface area contributed by atoms with Gasteiger partial charge in [0.2, 0.25) is 0 Å². The molecule has 0 bridgehead atoms. The standard InChI is InChI=1S/C17H19BrFN/c1-12-4-3-5-13(8-12)9-16(20-2)11-14-10-15(18)6-7-17(14)19/h3-8,10,16,20H,9,11H2,1-2H3. The highest BCUT2D eigenvalue weighted by Crippen LogP contribution is 2.18. The van der Waals surface area contributed by atoms with E-state index in [1.807, 2.05) is 13.1 Å². The van der Waals surface area contributed by atoms with E-state index in [2.05, 4.69) is 52.4 Å². The summed E-state index contributed by atoms with van der Waals surface area (Å²) < 4.78 is 14.7. The molecule has 0 aromatic heterocycles. The van der Waals surface area contributed by atoms with E-state index in [4.69, 9.17) is 0 Å². The lowest BCUT2D eigenvalue weighted by atomic mass is 9.98. The van der Waals surface area contributed by atoms with E-state index in [1.54, 1.807) is 6.07 Å². The third kappa shape index (κ3) is 4.15. The summed E-state index contributed by atoms with van der Waals surface area (Å²) in [6.07, 6.45) is 1.57. The van der Waals surface area contributed by atoms with Crippen LogP contribution in [0.4, 0.5) is 4.39 Å². The van der Waals surface area contributed by atoms with Gasteiger partial charge in [0.15, 0.2) is 0 Å². The predicted molar refractivity (Wildman–Crippen MR) is 85.5 cm³/mol. The van der Waals surface area contributed by atoms with Crippen LogP contribution in [-0.2, 0) is 12.8 Å². The Morgan fingerprint density at radius 1 is 1.15 bits per heavy atom. The highest BCUT2D eigenvalue weighted by molar-refractivity contribution is 9.10. The fourth-order valence-electron chi connectivity index (χ4n) is 2.37. The van der Waals surface area contributed by atoms with Crippen molar-refractivity contribution >= 4 is 15.9 Å². The molecular weight excluding hydrogens is 317 g/mol. The Morgan fingerprint density at radius 3 is 2.65 bits per heavy atom. The Labute approximate surface area is 128 Å². The molecule has 1 unspecified atom stereocenters. The molecule has 0 saturated carbocycles. The number of nitrogens with one attached hydrogen (secondary N) is 1. The summed E-state index contributed by atoms with van der Waals surface area (Å²) in [5.41, 5.74) is 3.28. The van der Waals surface area contributed by atoms with Gasteiger partial charge in [0.25, 0.3) is 0 Å². The van der Waals surface area contributed by atoms with Crippen LogP contribution in [0.5, 0.6) is 0 Å². The second kappa shape index (κ2) is 7.00. The normalized spacial score (nSPS) is 12.4. The van der Waals surface area contributed by atoms with Crippen LogP contribution in [0.2, 0.25) is 0 Å². The molecule has 0 fully saturated rings. The summed E-state index contributed by atoms with van der Waals surface area (Å²) >= 11 is 3.40. The maximum absolute atomic E-state index is 13.8. The molecule has 2 rings (SSSR count). The van der Waals surface area contributed by atoms with Crippen molar-refractivity contribution in [1.29, 1.82) is 0 Å². The molecule has 0 aliphatic carbocycles. The molecule has 1 nitrogen and oxygen atoms in total. The second-order valence-electron chi connectivity index (χ2n) is 5.12. The first-order chi connectivity index (χ1) is 9.58. The maximum atomic E-state index is 13.8. The molecule has 0 aliphatic heterocycles. The van der Waals surface area contributed by atoms with Crippen molar-refractivity contribution < 1.29 is 4.39 Å². The number of benzene rings is 2. The fraction of sp³-hybridized carbons (Fsp3) is 0.294. The third-order valence-corrected chi connectivity index (χ3v) is 3.94. The van der Waals surface area contributed by atoms with Crippen LogP contribution in [-0.4, -0.2) is 13.1 Å².